The topological polar surface area (TPSA) is 99.0 Å². The van der Waals surface area contributed by atoms with Gasteiger partial charge in [-0.05, 0) is 43.5 Å². The van der Waals surface area contributed by atoms with Crippen molar-refractivity contribution in [2.24, 2.45) is 10.7 Å². The summed E-state index contributed by atoms with van der Waals surface area (Å²) < 4.78 is 0. The molecule has 36 heavy (non-hydrogen) atoms. The number of amidine groups is 1. The van der Waals surface area contributed by atoms with Crippen LogP contribution in [0, 0.1) is 6.92 Å². The molecule has 1 aliphatic heterocycles. The number of nitrogens with two attached hydrogens (primary N) is 1. The van der Waals surface area contributed by atoms with Crippen LogP contribution >= 0.6 is 11.3 Å². The fourth-order valence-corrected chi connectivity index (χ4v) is 5.19. The first-order chi connectivity index (χ1) is 17.5. The molecule has 0 saturated carbocycles. The van der Waals surface area contributed by atoms with Gasteiger partial charge in [-0.2, -0.15) is 5.10 Å². The Bertz CT molecular complexity index is 1510. The average Bonchev–Trinajstić information content (AvgIpc) is 3.61. The number of allylic oxidation sites excluding steroid dienone is 3. The highest BCUT2D eigenvalue weighted by molar-refractivity contribution is 7.11. The maximum Gasteiger partial charge on any atom is 0.128 e. The van der Waals surface area contributed by atoms with Crippen molar-refractivity contribution in [3.05, 3.63) is 95.1 Å². The van der Waals surface area contributed by atoms with E-state index in [9.17, 15) is 0 Å². The number of fused-ring (bicyclic) bond motifs is 1. The van der Waals surface area contributed by atoms with Crippen molar-refractivity contribution in [3.8, 4) is 11.4 Å². The number of nitrogens with one attached hydrogen (secondary N) is 2. The van der Waals surface area contributed by atoms with E-state index in [1.807, 2.05) is 25.1 Å². The second-order valence-electron chi connectivity index (χ2n) is 8.72. The molecule has 0 aliphatic carbocycles. The lowest BCUT2D eigenvalue weighted by molar-refractivity contribution is 0.256. The number of hydrogen-bond donors (Lipinski definition) is 3. The van der Waals surface area contributed by atoms with E-state index in [1.54, 1.807) is 23.6 Å². The van der Waals surface area contributed by atoms with Gasteiger partial charge in [-0.1, -0.05) is 37.5 Å². The van der Waals surface area contributed by atoms with Gasteiger partial charge in [-0.25, -0.2) is 4.99 Å². The van der Waals surface area contributed by atoms with Crippen LogP contribution in [0.4, 0.5) is 0 Å². The number of H-pyrrole nitrogens is 2. The third kappa shape index (κ3) is 4.36. The number of rotatable bonds is 7. The van der Waals surface area contributed by atoms with E-state index in [2.05, 4.69) is 74.8 Å². The molecule has 7 nitrogen and oxygen atoms in total. The molecule has 0 aromatic carbocycles. The van der Waals surface area contributed by atoms with Gasteiger partial charge < -0.3 is 15.6 Å². The summed E-state index contributed by atoms with van der Waals surface area (Å²) in [5.74, 6) is 0.805. The van der Waals surface area contributed by atoms with Gasteiger partial charge in [0.25, 0.3) is 0 Å². The third-order valence-corrected chi connectivity index (χ3v) is 7.17. The van der Waals surface area contributed by atoms with Gasteiger partial charge in [0.1, 0.15) is 11.5 Å². The van der Waals surface area contributed by atoms with Crippen molar-refractivity contribution in [2.45, 2.75) is 19.9 Å². The molecule has 8 heteroatoms. The molecule has 4 aromatic heterocycles. The highest BCUT2D eigenvalue weighted by Gasteiger charge is 2.25. The summed E-state index contributed by atoms with van der Waals surface area (Å²) in [4.78, 5) is 16.3. The largest absolute Gasteiger partial charge is 0.357 e. The smallest absolute Gasteiger partial charge is 0.128 e. The third-order valence-electron chi connectivity index (χ3n) is 6.27. The van der Waals surface area contributed by atoms with Crippen molar-refractivity contribution >= 4 is 39.3 Å². The molecule has 1 fully saturated rings. The van der Waals surface area contributed by atoms with Crippen molar-refractivity contribution in [1.82, 2.24) is 25.1 Å². The Morgan fingerprint density at radius 2 is 2.14 bits per heavy atom. The number of aliphatic imine (C=N–C) groups is 1. The number of nitrogens with zero attached hydrogens (tertiary/aromatic N) is 4. The molecule has 0 unspecified atom stereocenters. The SMILES string of the molecule is C=C/C=C(/c1cccs1)c1cc(-c2n[nH]c3cnc(/C(=C/C)N=C(C=C)N4CC(N)C4)cc23)[nH]c1C. The minimum absolute atomic E-state index is 0.183. The van der Waals surface area contributed by atoms with E-state index in [0.717, 1.165) is 69.4 Å². The molecule has 4 aromatic rings. The van der Waals surface area contributed by atoms with Crippen molar-refractivity contribution < 1.29 is 0 Å². The van der Waals surface area contributed by atoms with Crippen LogP contribution in [0.5, 0.6) is 0 Å². The maximum atomic E-state index is 5.95. The number of thiophene rings is 1. The zero-order valence-corrected chi connectivity index (χ0v) is 21.3. The summed E-state index contributed by atoms with van der Waals surface area (Å²) in [5.41, 5.74) is 13.5. The first kappa shape index (κ1) is 23.7. The number of aromatic nitrogens is 4. The fourth-order valence-electron chi connectivity index (χ4n) is 4.42. The van der Waals surface area contributed by atoms with Crippen LogP contribution in [0.2, 0.25) is 0 Å². The number of aromatic amines is 2. The molecular formula is C28H29N7S. The lowest BCUT2D eigenvalue weighted by Crippen LogP contribution is -2.57. The highest BCUT2D eigenvalue weighted by atomic mass is 32.1. The van der Waals surface area contributed by atoms with E-state index >= 15 is 0 Å². The molecule has 5 rings (SSSR count). The van der Waals surface area contributed by atoms with E-state index < -0.39 is 0 Å². The van der Waals surface area contributed by atoms with E-state index in [-0.39, 0.29) is 6.04 Å². The quantitative estimate of drug-likeness (QED) is 0.178. The minimum atomic E-state index is 0.183. The Morgan fingerprint density at radius 3 is 2.81 bits per heavy atom. The van der Waals surface area contributed by atoms with Crippen LogP contribution in [0.15, 0.2) is 78.3 Å². The first-order valence-corrected chi connectivity index (χ1v) is 12.7. The first-order valence-electron chi connectivity index (χ1n) is 11.8. The molecule has 0 spiro atoms. The Hall–Kier alpha value is -4.01. The zero-order valence-electron chi connectivity index (χ0n) is 20.5. The zero-order chi connectivity index (χ0) is 25.2. The molecule has 0 bridgehead atoms. The van der Waals surface area contributed by atoms with Crippen LogP contribution < -0.4 is 5.73 Å². The Morgan fingerprint density at radius 1 is 1.31 bits per heavy atom. The number of aryl methyl sites for hydroxylation is 1. The summed E-state index contributed by atoms with van der Waals surface area (Å²) >= 11 is 1.71. The molecule has 0 amide bonds. The van der Waals surface area contributed by atoms with Gasteiger partial charge in [0.05, 0.1) is 28.8 Å². The predicted molar refractivity (Wildman–Crippen MR) is 151 cm³/mol. The van der Waals surface area contributed by atoms with E-state index in [0.29, 0.717) is 0 Å². The molecular weight excluding hydrogens is 466 g/mol. The summed E-state index contributed by atoms with van der Waals surface area (Å²) in [7, 11) is 0. The van der Waals surface area contributed by atoms with Gasteiger partial charge in [-0.3, -0.25) is 10.1 Å². The Balaban J connectivity index is 1.53. The van der Waals surface area contributed by atoms with Crippen LogP contribution in [0.3, 0.4) is 0 Å². The monoisotopic (exact) mass is 495 g/mol. The van der Waals surface area contributed by atoms with Crippen molar-refractivity contribution in [1.29, 1.82) is 0 Å². The lowest BCUT2D eigenvalue weighted by Gasteiger charge is -2.38. The Kier molecular flexibility index (Phi) is 6.54. The average molecular weight is 496 g/mol. The predicted octanol–water partition coefficient (Wildman–Crippen LogP) is 5.53. The molecule has 182 valence electrons. The molecule has 1 saturated heterocycles. The van der Waals surface area contributed by atoms with E-state index in [4.69, 9.17) is 10.7 Å². The van der Waals surface area contributed by atoms with Crippen LogP contribution in [-0.4, -0.2) is 50.0 Å². The second kappa shape index (κ2) is 9.93. The fraction of sp³-hybridized carbons (Fsp3) is 0.179. The number of pyridine rings is 1. The molecule has 0 radical (unpaired) electrons. The van der Waals surface area contributed by atoms with Crippen LogP contribution in [0.25, 0.3) is 33.6 Å². The summed E-state index contributed by atoms with van der Waals surface area (Å²) in [6, 6.07) is 8.55. The minimum Gasteiger partial charge on any atom is -0.357 e. The van der Waals surface area contributed by atoms with Crippen molar-refractivity contribution in [2.75, 3.05) is 13.1 Å². The maximum absolute atomic E-state index is 5.95. The molecule has 0 atom stereocenters. The van der Waals surface area contributed by atoms with Gasteiger partial charge in [0.15, 0.2) is 0 Å². The molecule has 4 N–H and O–H groups in total. The Labute approximate surface area is 214 Å². The molecule has 1 aliphatic rings. The molecule has 5 heterocycles. The van der Waals surface area contributed by atoms with Gasteiger partial charge >= 0.3 is 0 Å². The number of hydrogen-bond acceptors (Lipinski definition) is 5. The highest BCUT2D eigenvalue weighted by Crippen LogP contribution is 2.34. The van der Waals surface area contributed by atoms with Gasteiger partial charge in [0.2, 0.25) is 0 Å². The summed E-state index contributed by atoms with van der Waals surface area (Å²) in [6.07, 6.45) is 9.41. The van der Waals surface area contributed by atoms with Crippen LogP contribution in [0.1, 0.15) is 28.8 Å². The lowest BCUT2D eigenvalue weighted by atomic mass is 10.0. The number of likely N-dealkylation sites (tertiary alicyclic amines) is 1. The second-order valence-corrected chi connectivity index (χ2v) is 9.66. The summed E-state index contributed by atoms with van der Waals surface area (Å²) in [6.45, 7) is 13.4. The van der Waals surface area contributed by atoms with Crippen LogP contribution in [-0.2, 0) is 0 Å². The van der Waals surface area contributed by atoms with E-state index in [1.165, 1.54) is 4.88 Å². The van der Waals surface area contributed by atoms with Gasteiger partial charge in [-0.15, -0.1) is 11.3 Å². The normalized spacial score (nSPS) is 15.4. The summed E-state index contributed by atoms with van der Waals surface area (Å²) in [5, 5.41) is 10.8. The standard InChI is InChI=1S/C28H29N7S/c1-5-9-19(26-10-8-11-36-26)20-12-24(31-17(20)4)28-21-13-23(30-14-25(21)33-34-28)22(6-2)32-27(7-3)35-15-18(29)16-35/h5-14,18,31H,1,3,15-16,29H2,2,4H3,(H,33,34)/b19-9+,22-6-,32-27?. The van der Waals surface area contributed by atoms with Gasteiger partial charge in [0, 0.05) is 46.2 Å². The van der Waals surface area contributed by atoms with Crippen molar-refractivity contribution in [3.63, 3.8) is 0 Å².